The number of aromatic nitrogens is 3. The Hall–Kier alpha value is -1.24. The minimum absolute atomic E-state index is 0.0329. The summed E-state index contributed by atoms with van der Waals surface area (Å²) in [6, 6.07) is 1.38. The molecule has 0 spiro atoms. The summed E-state index contributed by atoms with van der Waals surface area (Å²) < 4.78 is 0. The van der Waals surface area contributed by atoms with Crippen LogP contribution < -0.4 is 5.32 Å². The molecule has 2 aromatic heterocycles. The van der Waals surface area contributed by atoms with Gasteiger partial charge in [-0.25, -0.2) is 4.98 Å². The number of thiazole rings is 1. The lowest BCUT2D eigenvalue weighted by Gasteiger charge is -2.05. The molecule has 0 aromatic carbocycles. The van der Waals surface area contributed by atoms with Crippen molar-refractivity contribution in [3.8, 4) is 0 Å². The highest BCUT2D eigenvalue weighted by atomic mass is 35.5. The molecule has 0 aliphatic rings. The van der Waals surface area contributed by atoms with Crippen LogP contribution >= 0.6 is 34.5 Å². The van der Waals surface area contributed by atoms with Gasteiger partial charge in [0.15, 0.2) is 10.3 Å². The van der Waals surface area contributed by atoms with E-state index in [4.69, 9.17) is 23.2 Å². The van der Waals surface area contributed by atoms with Gasteiger partial charge in [-0.1, -0.05) is 23.2 Å². The maximum atomic E-state index is 11.8. The van der Waals surface area contributed by atoms with Gasteiger partial charge in [-0.15, -0.1) is 21.5 Å². The zero-order chi connectivity index (χ0) is 13.0. The van der Waals surface area contributed by atoms with Crippen LogP contribution in [0.5, 0.6) is 0 Å². The number of carbonyl (C=O) groups excluding carboxylic acids is 1. The van der Waals surface area contributed by atoms with Crippen LogP contribution in [0.4, 0.5) is 0 Å². The number of nitrogens with zero attached hydrogens (tertiary/aromatic N) is 3. The van der Waals surface area contributed by atoms with E-state index in [1.807, 2.05) is 5.38 Å². The van der Waals surface area contributed by atoms with Crippen LogP contribution in [0, 0.1) is 0 Å². The van der Waals surface area contributed by atoms with Crippen molar-refractivity contribution in [1.29, 1.82) is 0 Å². The van der Waals surface area contributed by atoms with Crippen molar-refractivity contribution in [2.45, 2.75) is 6.42 Å². The lowest BCUT2D eigenvalue weighted by atomic mass is 10.3. The number of halogens is 2. The first-order chi connectivity index (χ1) is 8.66. The molecule has 0 fully saturated rings. The normalized spacial score (nSPS) is 10.3. The number of carbonyl (C=O) groups is 1. The molecule has 18 heavy (non-hydrogen) atoms. The second-order valence-corrected chi connectivity index (χ2v) is 4.82. The van der Waals surface area contributed by atoms with Crippen LogP contribution in [-0.2, 0) is 6.42 Å². The van der Waals surface area contributed by atoms with Crippen LogP contribution in [-0.4, -0.2) is 27.6 Å². The monoisotopic (exact) mass is 302 g/mol. The summed E-state index contributed by atoms with van der Waals surface area (Å²) in [5.41, 5.74) is 2.91. The van der Waals surface area contributed by atoms with Gasteiger partial charge >= 0.3 is 0 Å². The quantitative estimate of drug-likeness (QED) is 0.940. The van der Waals surface area contributed by atoms with Crippen LogP contribution in [0.1, 0.15) is 16.1 Å². The highest BCUT2D eigenvalue weighted by Gasteiger charge is 2.12. The average Bonchev–Trinajstić information content (AvgIpc) is 2.85. The largest absolute Gasteiger partial charge is 0.352 e. The molecule has 0 radical (unpaired) electrons. The summed E-state index contributed by atoms with van der Waals surface area (Å²) in [5, 5.41) is 11.9. The molecule has 2 heterocycles. The second-order valence-electron chi connectivity index (χ2n) is 3.36. The predicted octanol–water partition coefficient (Wildman–Crippen LogP) is 2.21. The molecule has 2 rings (SSSR count). The van der Waals surface area contributed by atoms with E-state index in [1.54, 1.807) is 5.51 Å². The smallest absolute Gasteiger partial charge is 0.254 e. The highest BCUT2D eigenvalue weighted by Crippen LogP contribution is 2.15. The Bertz CT molecular complexity index is 547. The van der Waals surface area contributed by atoms with Crippen molar-refractivity contribution in [2.75, 3.05) is 6.54 Å². The van der Waals surface area contributed by atoms with E-state index in [9.17, 15) is 4.79 Å². The average molecular weight is 303 g/mol. The van der Waals surface area contributed by atoms with E-state index in [0.29, 0.717) is 13.0 Å². The second kappa shape index (κ2) is 6.08. The van der Waals surface area contributed by atoms with Gasteiger partial charge in [-0.05, 0) is 6.07 Å². The molecular formula is C10H8Cl2N4OS. The third kappa shape index (κ3) is 3.38. The zero-order valence-electron chi connectivity index (χ0n) is 9.06. The van der Waals surface area contributed by atoms with Gasteiger partial charge in [0, 0.05) is 18.3 Å². The lowest BCUT2D eigenvalue weighted by Crippen LogP contribution is -2.26. The van der Waals surface area contributed by atoms with Crippen LogP contribution in [0.2, 0.25) is 10.3 Å². The molecule has 0 aliphatic heterocycles. The van der Waals surface area contributed by atoms with Crippen molar-refractivity contribution in [1.82, 2.24) is 20.5 Å². The molecule has 0 bridgehead atoms. The number of hydrogen-bond acceptors (Lipinski definition) is 5. The van der Waals surface area contributed by atoms with Gasteiger partial charge < -0.3 is 5.32 Å². The molecule has 0 atom stereocenters. The Morgan fingerprint density at radius 1 is 1.39 bits per heavy atom. The summed E-state index contributed by atoms with van der Waals surface area (Å²) in [7, 11) is 0. The summed E-state index contributed by atoms with van der Waals surface area (Å²) in [5.74, 6) is -0.327. The van der Waals surface area contributed by atoms with E-state index < -0.39 is 0 Å². The van der Waals surface area contributed by atoms with Crippen molar-refractivity contribution < 1.29 is 4.79 Å². The van der Waals surface area contributed by atoms with E-state index in [2.05, 4.69) is 20.5 Å². The zero-order valence-corrected chi connectivity index (χ0v) is 11.4. The Kier molecular flexibility index (Phi) is 4.46. The van der Waals surface area contributed by atoms with E-state index in [-0.39, 0.29) is 21.8 Å². The molecule has 1 amide bonds. The minimum atomic E-state index is -0.327. The number of hydrogen-bond donors (Lipinski definition) is 1. The summed E-state index contributed by atoms with van der Waals surface area (Å²) in [6.45, 7) is 0.471. The third-order valence-corrected chi connectivity index (χ3v) is 3.21. The fourth-order valence-corrected chi connectivity index (χ4v) is 2.19. The Morgan fingerprint density at radius 2 is 2.22 bits per heavy atom. The third-order valence-electron chi connectivity index (χ3n) is 2.11. The first kappa shape index (κ1) is 13.2. The molecule has 0 unspecified atom stereocenters. The fourth-order valence-electron chi connectivity index (χ4n) is 1.27. The van der Waals surface area contributed by atoms with Crippen LogP contribution in [0.25, 0.3) is 0 Å². The van der Waals surface area contributed by atoms with Gasteiger partial charge in [0.1, 0.15) is 0 Å². The lowest BCUT2D eigenvalue weighted by molar-refractivity contribution is 0.0953. The summed E-state index contributed by atoms with van der Waals surface area (Å²) in [6.07, 6.45) is 0.666. The summed E-state index contributed by atoms with van der Waals surface area (Å²) in [4.78, 5) is 15.9. The van der Waals surface area contributed by atoms with E-state index >= 15 is 0 Å². The van der Waals surface area contributed by atoms with Crippen molar-refractivity contribution in [3.05, 3.63) is 38.5 Å². The van der Waals surface area contributed by atoms with Gasteiger partial charge in [-0.2, -0.15) is 0 Å². The molecule has 1 N–H and O–H groups in total. The van der Waals surface area contributed by atoms with E-state index in [1.165, 1.54) is 17.4 Å². The van der Waals surface area contributed by atoms with E-state index in [0.717, 1.165) is 5.69 Å². The van der Waals surface area contributed by atoms with Crippen LogP contribution in [0.15, 0.2) is 17.0 Å². The van der Waals surface area contributed by atoms with Crippen molar-refractivity contribution in [2.24, 2.45) is 0 Å². The molecule has 2 aromatic rings. The Morgan fingerprint density at radius 3 is 2.94 bits per heavy atom. The topological polar surface area (TPSA) is 67.8 Å². The van der Waals surface area contributed by atoms with Gasteiger partial charge in [-0.3, -0.25) is 4.79 Å². The first-order valence-electron chi connectivity index (χ1n) is 5.01. The minimum Gasteiger partial charge on any atom is -0.352 e. The number of rotatable bonds is 4. The standard InChI is InChI=1S/C10H8Cl2N4OS/c11-8-3-7(9(12)16-15-8)10(17)13-2-1-6-4-18-5-14-6/h3-5H,1-2H2,(H,13,17). The van der Waals surface area contributed by atoms with Crippen molar-refractivity contribution in [3.63, 3.8) is 0 Å². The molecule has 8 heteroatoms. The Labute approximate surface area is 117 Å². The SMILES string of the molecule is O=C(NCCc1cscn1)c1cc(Cl)nnc1Cl. The molecule has 0 saturated carbocycles. The Balaban J connectivity index is 1.93. The predicted molar refractivity (Wildman–Crippen MR) is 70.2 cm³/mol. The summed E-state index contributed by atoms with van der Waals surface area (Å²) >= 11 is 12.9. The molecule has 5 nitrogen and oxygen atoms in total. The fraction of sp³-hybridized carbons (Fsp3) is 0.200. The van der Waals surface area contributed by atoms with Gasteiger partial charge in [0.05, 0.1) is 16.8 Å². The maximum Gasteiger partial charge on any atom is 0.254 e. The van der Waals surface area contributed by atoms with Crippen LogP contribution in [0.3, 0.4) is 0 Å². The molecule has 94 valence electrons. The number of nitrogens with one attached hydrogen (secondary N) is 1. The highest BCUT2D eigenvalue weighted by molar-refractivity contribution is 7.07. The van der Waals surface area contributed by atoms with Crippen molar-refractivity contribution >= 4 is 40.4 Å². The number of amides is 1. The molecule has 0 saturated heterocycles. The molecule has 0 aliphatic carbocycles. The maximum absolute atomic E-state index is 11.8. The molecular weight excluding hydrogens is 295 g/mol. The first-order valence-corrected chi connectivity index (χ1v) is 6.70. The van der Waals surface area contributed by atoms with Gasteiger partial charge in [0.2, 0.25) is 0 Å². The van der Waals surface area contributed by atoms with Gasteiger partial charge in [0.25, 0.3) is 5.91 Å².